The number of carbonyl (C=O) groups excluding carboxylic acids is 1. The molecule has 1 amide bonds. The van der Waals surface area contributed by atoms with Crippen molar-refractivity contribution in [1.82, 2.24) is 15.0 Å². The number of rotatable bonds is 5. The van der Waals surface area contributed by atoms with Crippen LogP contribution in [0.4, 0.5) is 0 Å². The van der Waals surface area contributed by atoms with Crippen LogP contribution in [0, 0.1) is 0 Å². The van der Waals surface area contributed by atoms with E-state index in [2.05, 4.69) is 10.1 Å². The Balaban J connectivity index is 1.62. The van der Waals surface area contributed by atoms with Crippen molar-refractivity contribution < 1.29 is 14.1 Å². The maximum atomic E-state index is 12.1. The van der Waals surface area contributed by atoms with Gasteiger partial charge in [0, 0.05) is 25.4 Å². The van der Waals surface area contributed by atoms with Crippen LogP contribution in [0.2, 0.25) is 0 Å². The van der Waals surface area contributed by atoms with Crippen LogP contribution >= 0.6 is 0 Å². The first-order chi connectivity index (χ1) is 10.6. The highest BCUT2D eigenvalue weighted by Gasteiger charge is 2.32. The van der Waals surface area contributed by atoms with Crippen molar-refractivity contribution in [2.24, 2.45) is 0 Å². The number of ether oxygens (including phenoxy) is 1. The average Bonchev–Trinajstić information content (AvgIpc) is 3.11. The fraction of sp³-hybridized carbons (Fsp3) is 0.438. The van der Waals surface area contributed by atoms with Crippen LogP contribution in [-0.2, 0) is 11.3 Å². The number of hydrogen-bond donors (Lipinski definition) is 0. The molecule has 116 valence electrons. The van der Waals surface area contributed by atoms with Gasteiger partial charge in [-0.15, -0.1) is 0 Å². The third kappa shape index (κ3) is 3.27. The van der Waals surface area contributed by atoms with Crippen molar-refractivity contribution in [3.8, 4) is 5.75 Å². The maximum Gasteiger partial charge on any atom is 0.223 e. The van der Waals surface area contributed by atoms with E-state index in [9.17, 15) is 4.79 Å². The summed E-state index contributed by atoms with van der Waals surface area (Å²) in [7, 11) is 0. The SMILES string of the molecule is CC(C)Oc1ccc(CN2CC(c3ncon3)CC2=O)cc1. The summed E-state index contributed by atoms with van der Waals surface area (Å²) < 4.78 is 10.4. The molecule has 0 N–H and O–H groups in total. The quantitative estimate of drug-likeness (QED) is 0.848. The van der Waals surface area contributed by atoms with Gasteiger partial charge in [0.25, 0.3) is 0 Å². The molecular weight excluding hydrogens is 282 g/mol. The number of nitrogens with zero attached hydrogens (tertiary/aromatic N) is 3. The molecule has 1 saturated heterocycles. The zero-order valence-electron chi connectivity index (χ0n) is 12.7. The van der Waals surface area contributed by atoms with E-state index in [0.717, 1.165) is 11.3 Å². The highest BCUT2D eigenvalue weighted by atomic mass is 16.5. The molecule has 0 spiro atoms. The summed E-state index contributed by atoms with van der Waals surface area (Å²) in [5.74, 6) is 1.60. The Morgan fingerprint density at radius 3 is 2.77 bits per heavy atom. The van der Waals surface area contributed by atoms with Crippen LogP contribution in [-0.4, -0.2) is 33.6 Å². The number of hydrogen-bond acceptors (Lipinski definition) is 5. The van der Waals surface area contributed by atoms with Gasteiger partial charge in [0.2, 0.25) is 12.3 Å². The zero-order valence-corrected chi connectivity index (χ0v) is 12.7. The lowest BCUT2D eigenvalue weighted by molar-refractivity contribution is -0.128. The van der Waals surface area contributed by atoms with Crippen molar-refractivity contribution in [3.05, 3.63) is 42.0 Å². The molecule has 1 aromatic carbocycles. The predicted octanol–water partition coefficient (Wildman–Crippen LogP) is 2.37. The summed E-state index contributed by atoms with van der Waals surface area (Å²) >= 11 is 0. The highest BCUT2D eigenvalue weighted by molar-refractivity contribution is 5.79. The Morgan fingerprint density at radius 1 is 1.36 bits per heavy atom. The van der Waals surface area contributed by atoms with Crippen LogP contribution in [0.15, 0.2) is 35.2 Å². The molecule has 1 atom stereocenters. The summed E-state index contributed by atoms with van der Waals surface area (Å²) in [5, 5.41) is 3.83. The first-order valence-corrected chi connectivity index (χ1v) is 7.41. The summed E-state index contributed by atoms with van der Waals surface area (Å²) in [5.41, 5.74) is 1.08. The Kier molecular flexibility index (Phi) is 4.09. The van der Waals surface area contributed by atoms with Crippen LogP contribution < -0.4 is 4.74 Å². The van der Waals surface area contributed by atoms with E-state index in [0.29, 0.717) is 25.3 Å². The summed E-state index contributed by atoms with van der Waals surface area (Å²) in [6.45, 7) is 5.21. The third-order valence-electron chi connectivity index (χ3n) is 3.63. The second-order valence-corrected chi connectivity index (χ2v) is 5.78. The second kappa shape index (κ2) is 6.17. The maximum absolute atomic E-state index is 12.1. The highest BCUT2D eigenvalue weighted by Crippen LogP contribution is 2.27. The third-order valence-corrected chi connectivity index (χ3v) is 3.63. The lowest BCUT2D eigenvalue weighted by Crippen LogP contribution is -2.24. The minimum atomic E-state index is 0.0230. The van der Waals surface area contributed by atoms with Crippen LogP contribution in [0.25, 0.3) is 0 Å². The molecule has 1 aromatic heterocycles. The molecule has 2 aromatic rings. The van der Waals surface area contributed by atoms with Gasteiger partial charge in [0.1, 0.15) is 5.75 Å². The lowest BCUT2D eigenvalue weighted by atomic mass is 10.1. The fourth-order valence-corrected chi connectivity index (χ4v) is 2.62. The van der Waals surface area contributed by atoms with E-state index >= 15 is 0 Å². The van der Waals surface area contributed by atoms with Crippen LogP contribution in [0.3, 0.4) is 0 Å². The molecule has 0 aliphatic carbocycles. The van der Waals surface area contributed by atoms with Crippen molar-refractivity contribution in [1.29, 1.82) is 0 Å². The Morgan fingerprint density at radius 2 is 2.14 bits per heavy atom. The molecule has 1 fully saturated rings. The second-order valence-electron chi connectivity index (χ2n) is 5.78. The number of likely N-dealkylation sites (tertiary alicyclic amines) is 1. The average molecular weight is 301 g/mol. The van der Waals surface area contributed by atoms with Gasteiger partial charge >= 0.3 is 0 Å². The van der Waals surface area contributed by atoms with Gasteiger partial charge in [-0.2, -0.15) is 4.98 Å². The summed E-state index contributed by atoms with van der Waals surface area (Å²) in [4.78, 5) is 18.0. The monoisotopic (exact) mass is 301 g/mol. The smallest absolute Gasteiger partial charge is 0.223 e. The van der Waals surface area contributed by atoms with E-state index in [4.69, 9.17) is 9.26 Å². The molecule has 0 radical (unpaired) electrons. The van der Waals surface area contributed by atoms with E-state index in [-0.39, 0.29) is 17.9 Å². The van der Waals surface area contributed by atoms with Crippen molar-refractivity contribution in [2.75, 3.05) is 6.54 Å². The topological polar surface area (TPSA) is 68.5 Å². The molecule has 1 unspecified atom stereocenters. The molecule has 0 saturated carbocycles. The molecule has 6 nitrogen and oxygen atoms in total. The van der Waals surface area contributed by atoms with Gasteiger partial charge in [-0.25, -0.2) is 0 Å². The first-order valence-electron chi connectivity index (χ1n) is 7.41. The van der Waals surface area contributed by atoms with Gasteiger partial charge < -0.3 is 14.2 Å². The van der Waals surface area contributed by atoms with Gasteiger partial charge in [-0.1, -0.05) is 17.3 Å². The normalized spacial score (nSPS) is 18.2. The van der Waals surface area contributed by atoms with E-state index < -0.39 is 0 Å². The Bertz CT molecular complexity index is 623. The molecule has 0 bridgehead atoms. The largest absolute Gasteiger partial charge is 0.491 e. The van der Waals surface area contributed by atoms with Gasteiger partial charge in [0.05, 0.1) is 6.10 Å². The minimum Gasteiger partial charge on any atom is -0.491 e. The van der Waals surface area contributed by atoms with Gasteiger partial charge in [0.15, 0.2) is 5.82 Å². The Labute approximate surface area is 129 Å². The molecule has 1 aliphatic rings. The summed E-state index contributed by atoms with van der Waals surface area (Å²) in [6.07, 6.45) is 1.89. The minimum absolute atomic E-state index is 0.0230. The van der Waals surface area contributed by atoms with E-state index in [1.165, 1.54) is 6.39 Å². The molecule has 22 heavy (non-hydrogen) atoms. The van der Waals surface area contributed by atoms with Gasteiger partial charge in [-0.05, 0) is 31.5 Å². The van der Waals surface area contributed by atoms with Crippen molar-refractivity contribution >= 4 is 5.91 Å². The van der Waals surface area contributed by atoms with Crippen molar-refractivity contribution in [3.63, 3.8) is 0 Å². The molecular formula is C16H19N3O3. The van der Waals surface area contributed by atoms with E-state index in [1.807, 2.05) is 43.0 Å². The standard InChI is InChI=1S/C16H19N3O3/c1-11(2)22-14-5-3-12(4-6-14)8-19-9-13(7-15(19)20)16-17-10-21-18-16/h3-6,10-11,13H,7-9H2,1-2H3. The predicted molar refractivity (Wildman–Crippen MR) is 79.3 cm³/mol. The number of aromatic nitrogens is 2. The van der Waals surface area contributed by atoms with Crippen LogP contribution in [0.5, 0.6) is 5.75 Å². The van der Waals surface area contributed by atoms with E-state index in [1.54, 1.807) is 0 Å². The number of amides is 1. The zero-order chi connectivity index (χ0) is 15.5. The molecule has 6 heteroatoms. The molecule has 3 rings (SSSR count). The number of carbonyl (C=O) groups is 1. The molecule has 2 heterocycles. The number of benzene rings is 1. The lowest BCUT2D eigenvalue weighted by Gasteiger charge is -2.17. The fourth-order valence-electron chi connectivity index (χ4n) is 2.62. The van der Waals surface area contributed by atoms with Crippen LogP contribution in [0.1, 0.15) is 37.6 Å². The summed E-state index contributed by atoms with van der Waals surface area (Å²) in [6, 6.07) is 7.86. The first kappa shape index (κ1) is 14.6. The Hall–Kier alpha value is -2.37. The molecule has 1 aliphatic heterocycles. The van der Waals surface area contributed by atoms with Crippen molar-refractivity contribution in [2.45, 2.75) is 38.8 Å². The van der Waals surface area contributed by atoms with Gasteiger partial charge in [-0.3, -0.25) is 4.79 Å².